The van der Waals surface area contributed by atoms with Crippen LogP contribution in [0.2, 0.25) is 5.02 Å². The molecule has 0 aliphatic carbocycles. The molecule has 0 saturated carbocycles. The zero-order chi connectivity index (χ0) is 15.9. The molecule has 4 nitrogen and oxygen atoms in total. The maximum absolute atomic E-state index is 8.24. The number of aryl methyl sites for hydroxylation is 2. The first kappa shape index (κ1) is 18.5. The lowest BCUT2D eigenvalue weighted by Gasteiger charge is -2.03. The molecule has 0 aromatic heterocycles. The number of rotatable bonds is 3. The summed E-state index contributed by atoms with van der Waals surface area (Å²) in [6.07, 6.45) is 3.05. The molecule has 0 atom stereocenters. The van der Waals surface area contributed by atoms with E-state index in [0.29, 0.717) is 12.2 Å². The Morgan fingerprint density at radius 3 is 1.81 bits per heavy atom. The first-order chi connectivity index (χ1) is 10.2. The van der Waals surface area contributed by atoms with Crippen LogP contribution >= 0.6 is 11.6 Å². The summed E-state index contributed by atoms with van der Waals surface area (Å²) in [6, 6.07) is 18.5. The van der Waals surface area contributed by atoms with Crippen molar-refractivity contribution in [3.8, 4) is 0 Å². The van der Waals surface area contributed by atoms with Crippen molar-refractivity contribution >= 4 is 23.8 Å². The molecule has 0 fully saturated rings. The van der Waals surface area contributed by atoms with Gasteiger partial charge in [0.05, 0.1) is 0 Å². The number of halogens is 1. The number of nitrogens with zero attached hydrogens (tertiary/aromatic N) is 2. The van der Waals surface area contributed by atoms with Gasteiger partial charge in [-0.25, -0.2) is 0 Å². The van der Waals surface area contributed by atoms with Gasteiger partial charge < -0.3 is 10.8 Å². The highest BCUT2D eigenvalue weighted by Crippen LogP contribution is 2.17. The van der Waals surface area contributed by atoms with Gasteiger partial charge in [0.2, 0.25) is 0 Å². The van der Waals surface area contributed by atoms with Gasteiger partial charge >= 0.3 is 0 Å². The van der Waals surface area contributed by atoms with Crippen molar-refractivity contribution in [1.82, 2.24) is 0 Å². The molecule has 2 rings (SSSR count). The molecular formula is C16H13ClN2O2-2. The third-order valence-corrected chi connectivity index (χ3v) is 2.85. The van der Waals surface area contributed by atoms with Gasteiger partial charge in [0.1, 0.15) is 0 Å². The van der Waals surface area contributed by atoms with E-state index in [1.54, 1.807) is 0 Å². The Morgan fingerprint density at radius 1 is 0.810 bits per heavy atom. The van der Waals surface area contributed by atoms with E-state index in [0.717, 1.165) is 17.9 Å². The van der Waals surface area contributed by atoms with Gasteiger partial charge in [-0.2, -0.15) is 0 Å². The molecule has 0 aliphatic heterocycles. The van der Waals surface area contributed by atoms with Crippen LogP contribution in [0.5, 0.6) is 0 Å². The van der Waals surface area contributed by atoms with Crippen LogP contribution in [0, 0.1) is 0 Å². The summed E-state index contributed by atoms with van der Waals surface area (Å²) in [5.74, 6) is 0. The Kier molecular flexibility index (Phi) is 11.0. The summed E-state index contributed by atoms with van der Waals surface area (Å²) in [7, 11) is 0. The van der Waals surface area contributed by atoms with Crippen LogP contribution in [-0.2, 0) is 22.4 Å². The summed E-state index contributed by atoms with van der Waals surface area (Å²) in [5.41, 5.74) is 2.58. The van der Waals surface area contributed by atoms with E-state index in [4.69, 9.17) is 32.0 Å². The van der Waals surface area contributed by atoms with E-state index in [9.17, 15) is 0 Å². The van der Waals surface area contributed by atoms with Gasteiger partial charge in [-0.05, 0) is 42.2 Å². The minimum atomic E-state index is 0.500. The lowest BCUT2D eigenvalue weighted by atomic mass is 10.0. The standard InChI is InChI=1S/C14H13Cl.2CNO/c15-14-9-5-4-8-13(14)11-10-12-6-2-1-3-7-12;2*2-1-3/h1-9H,10-11H2;;/q;2*-1. The zero-order valence-electron chi connectivity index (χ0n) is 11.2. The Bertz CT molecular complexity index is 576. The van der Waals surface area contributed by atoms with Crippen molar-refractivity contribution < 1.29 is 9.59 Å². The second-order valence-electron chi connectivity index (χ2n) is 3.76. The van der Waals surface area contributed by atoms with Crippen molar-refractivity contribution in [2.75, 3.05) is 0 Å². The van der Waals surface area contributed by atoms with Gasteiger partial charge in [-0.3, -0.25) is 9.59 Å². The van der Waals surface area contributed by atoms with Crippen molar-refractivity contribution in [3.05, 3.63) is 81.6 Å². The summed E-state index contributed by atoms with van der Waals surface area (Å²) >= 11 is 6.09. The molecule has 0 radical (unpaired) electrons. The number of hydrogen-bond acceptors (Lipinski definition) is 2. The summed E-state index contributed by atoms with van der Waals surface area (Å²) in [5, 5.41) is 14.4. The van der Waals surface area contributed by atoms with E-state index in [-0.39, 0.29) is 0 Å². The summed E-state index contributed by atoms with van der Waals surface area (Å²) in [6.45, 7) is 0. The average molecular weight is 301 g/mol. The largest absolute Gasteiger partial charge is 0.724 e. The molecule has 0 N–H and O–H groups in total. The predicted octanol–water partition coefficient (Wildman–Crippen LogP) is 3.91. The minimum Gasteiger partial charge on any atom is -0.724 e. The highest BCUT2D eigenvalue weighted by atomic mass is 35.5. The quantitative estimate of drug-likeness (QED) is 0.636. The average Bonchev–Trinajstić information content (AvgIpc) is 2.49. The third-order valence-electron chi connectivity index (χ3n) is 2.48. The van der Waals surface area contributed by atoms with Crippen LogP contribution in [0.3, 0.4) is 0 Å². The minimum absolute atomic E-state index is 0.500. The number of benzene rings is 2. The highest BCUT2D eigenvalue weighted by Gasteiger charge is 1.99. The van der Waals surface area contributed by atoms with Gasteiger partial charge in [-0.1, -0.05) is 60.1 Å². The van der Waals surface area contributed by atoms with Crippen molar-refractivity contribution in [3.63, 3.8) is 0 Å². The molecule has 108 valence electrons. The molecule has 5 heteroatoms. The predicted molar refractivity (Wildman–Crippen MR) is 83.4 cm³/mol. The normalized spacial score (nSPS) is 8.05. The molecule has 0 spiro atoms. The van der Waals surface area contributed by atoms with E-state index >= 15 is 0 Å². The highest BCUT2D eigenvalue weighted by molar-refractivity contribution is 6.31. The molecular weight excluding hydrogens is 288 g/mol. The van der Waals surface area contributed by atoms with E-state index in [1.807, 2.05) is 24.3 Å². The smallest absolute Gasteiger partial charge is 0.0438 e. The summed E-state index contributed by atoms with van der Waals surface area (Å²) < 4.78 is 0. The number of hydrogen-bond donors (Lipinski definition) is 0. The van der Waals surface area contributed by atoms with Crippen molar-refractivity contribution in [2.45, 2.75) is 12.8 Å². The maximum atomic E-state index is 8.24. The fourth-order valence-corrected chi connectivity index (χ4v) is 1.86. The van der Waals surface area contributed by atoms with Crippen molar-refractivity contribution in [2.24, 2.45) is 0 Å². The van der Waals surface area contributed by atoms with Gasteiger partial charge in [0, 0.05) is 5.02 Å². The number of isocyanates is 2. The molecule has 0 saturated heterocycles. The van der Waals surface area contributed by atoms with Gasteiger partial charge in [-0.15, -0.1) is 0 Å². The monoisotopic (exact) mass is 300 g/mol. The SMILES string of the molecule is Clc1ccccc1CCc1ccccc1.[N-]=C=O.[N-]=C=O. The van der Waals surface area contributed by atoms with Crippen LogP contribution in [0.25, 0.3) is 10.8 Å². The summed E-state index contributed by atoms with van der Waals surface area (Å²) in [4.78, 5) is 16.5. The first-order valence-electron chi connectivity index (χ1n) is 5.99. The van der Waals surface area contributed by atoms with Crippen LogP contribution in [0.15, 0.2) is 54.6 Å². The molecule has 0 bridgehead atoms. The Morgan fingerprint density at radius 2 is 1.29 bits per heavy atom. The first-order valence-corrected chi connectivity index (χ1v) is 6.37. The molecule has 2 aromatic rings. The van der Waals surface area contributed by atoms with E-state index in [1.165, 1.54) is 11.1 Å². The lowest BCUT2D eigenvalue weighted by Crippen LogP contribution is -1.91. The molecule has 0 unspecified atom stereocenters. The maximum Gasteiger partial charge on any atom is 0.0438 e. The zero-order valence-corrected chi connectivity index (χ0v) is 12.0. The van der Waals surface area contributed by atoms with E-state index in [2.05, 4.69) is 30.3 Å². The van der Waals surface area contributed by atoms with Crippen LogP contribution < -0.4 is 0 Å². The molecule has 0 heterocycles. The van der Waals surface area contributed by atoms with Gasteiger partial charge in [0.25, 0.3) is 0 Å². The molecule has 0 amide bonds. The fourth-order valence-electron chi connectivity index (χ4n) is 1.62. The topological polar surface area (TPSA) is 78.7 Å². The van der Waals surface area contributed by atoms with Crippen LogP contribution in [0.1, 0.15) is 11.1 Å². The molecule has 2 aromatic carbocycles. The van der Waals surface area contributed by atoms with E-state index < -0.39 is 0 Å². The fraction of sp³-hybridized carbons (Fsp3) is 0.125. The Labute approximate surface area is 128 Å². The lowest BCUT2D eigenvalue weighted by molar-refractivity contribution is 0.568. The van der Waals surface area contributed by atoms with Crippen molar-refractivity contribution in [1.29, 1.82) is 0 Å². The Hall–Kier alpha value is -2.51. The Balaban J connectivity index is 0.000000578. The second-order valence-corrected chi connectivity index (χ2v) is 4.17. The van der Waals surface area contributed by atoms with Crippen LogP contribution in [-0.4, -0.2) is 12.2 Å². The van der Waals surface area contributed by atoms with Gasteiger partial charge in [0.15, 0.2) is 0 Å². The number of carbonyl (C=O) groups excluding carboxylic acids is 2. The second kappa shape index (κ2) is 12.5. The molecule has 0 aliphatic rings. The third kappa shape index (κ3) is 9.09. The van der Waals surface area contributed by atoms with Crippen LogP contribution in [0.4, 0.5) is 0 Å². The molecule has 21 heavy (non-hydrogen) atoms.